The lowest BCUT2D eigenvalue weighted by Gasteiger charge is -2.30. The maximum atomic E-state index is 13.2. The Morgan fingerprint density at radius 3 is 2.61 bits per heavy atom. The molecule has 0 fully saturated rings. The van der Waals surface area contributed by atoms with Crippen LogP contribution in [0.15, 0.2) is 60.4 Å². The summed E-state index contributed by atoms with van der Waals surface area (Å²) in [4.78, 5) is 15.4. The zero-order chi connectivity index (χ0) is 22.9. The second-order valence-corrected chi connectivity index (χ2v) is 8.16. The van der Waals surface area contributed by atoms with E-state index in [4.69, 9.17) is 18.9 Å². The smallest absolute Gasteiger partial charge is 0.232 e. The molecular formula is C27H25NO5. The molecule has 5 rings (SSSR count). The lowest BCUT2D eigenvalue weighted by molar-refractivity contribution is 0.0864. The standard InChI is InChI=1S/C27H25NO5/c1-17-12-23-21(15-28(16-32-23)14-19-6-4-5-7-22(19)31-3)27-25(17)26(29)24(33-27)13-18-8-10-20(30-2)11-9-18/h4-13H,14-16H2,1-3H3/b24-13-. The number of ketones is 1. The molecule has 2 aliphatic rings. The zero-order valence-electron chi connectivity index (χ0n) is 18.9. The van der Waals surface area contributed by atoms with Crippen LogP contribution in [-0.2, 0) is 13.1 Å². The molecule has 0 saturated heterocycles. The van der Waals surface area contributed by atoms with Crippen LogP contribution in [0.1, 0.15) is 32.6 Å². The average molecular weight is 443 g/mol. The van der Waals surface area contributed by atoms with Crippen LogP contribution in [0.25, 0.3) is 6.08 Å². The lowest BCUT2D eigenvalue weighted by Crippen LogP contribution is -2.32. The third kappa shape index (κ3) is 3.94. The van der Waals surface area contributed by atoms with Gasteiger partial charge in [0.25, 0.3) is 0 Å². The summed E-state index contributed by atoms with van der Waals surface area (Å²) in [7, 11) is 3.30. The fourth-order valence-electron chi connectivity index (χ4n) is 4.30. The first-order valence-corrected chi connectivity index (χ1v) is 10.8. The number of para-hydroxylation sites is 1. The van der Waals surface area contributed by atoms with Gasteiger partial charge in [-0.05, 0) is 48.4 Å². The Balaban J connectivity index is 1.44. The van der Waals surface area contributed by atoms with Gasteiger partial charge < -0.3 is 18.9 Å². The number of methoxy groups -OCH3 is 2. The number of hydrogen-bond donors (Lipinski definition) is 0. The third-order valence-electron chi connectivity index (χ3n) is 5.99. The van der Waals surface area contributed by atoms with E-state index in [9.17, 15) is 4.79 Å². The van der Waals surface area contributed by atoms with Crippen LogP contribution in [0.2, 0.25) is 0 Å². The van der Waals surface area contributed by atoms with E-state index in [0.29, 0.717) is 36.9 Å². The highest BCUT2D eigenvalue weighted by atomic mass is 16.5. The number of hydrogen-bond acceptors (Lipinski definition) is 6. The van der Waals surface area contributed by atoms with Gasteiger partial charge in [0.2, 0.25) is 5.78 Å². The predicted molar refractivity (Wildman–Crippen MR) is 125 cm³/mol. The SMILES string of the molecule is COc1ccc(/C=C2\Oc3c4c(cc(C)c3C2=O)OCN(Cc2ccccc2OC)C4)cc1. The quantitative estimate of drug-likeness (QED) is 0.519. The molecule has 168 valence electrons. The van der Waals surface area contributed by atoms with Crippen molar-refractivity contribution < 1.29 is 23.7 Å². The molecule has 0 unspecified atom stereocenters. The van der Waals surface area contributed by atoms with E-state index in [2.05, 4.69) is 4.90 Å². The number of carbonyl (C=O) groups is 1. The average Bonchev–Trinajstić information content (AvgIpc) is 3.17. The van der Waals surface area contributed by atoms with Gasteiger partial charge in [-0.15, -0.1) is 0 Å². The first-order valence-electron chi connectivity index (χ1n) is 10.8. The maximum absolute atomic E-state index is 13.2. The molecule has 0 N–H and O–H groups in total. The highest BCUT2D eigenvalue weighted by Crippen LogP contribution is 2.44. The Bertz CT molecular complexity index is 1250. The van der Waals surface area contributed by atoms with E-state index in [1.165, 1.54) is 0 Å². The largest absolute Gasteiger partial charge is 0.497 e. The second kappa shape index (κ2) is 8.64. The first-order chi connectivity index (χ1) is 16.1. The van der Waals surface area contributed by atoms with E-state index in [0.717, 1.165) is 39.5 Å². The highest BCUT2D eigenvalue weighted by molar-refractivity contribution is 6.15. The van der Waals surface area contributed by atoms with Crippen LogP contribution in [-0.4, -0.2) is 31.6 Å². The topological polar surface area (TPSA) is 57.2 Å². The fourth-order valence-corrected chi connectivity index (χ4v) is 4.30. The zero-order valence-corrected chi connectivity index (χ0v) is 18.9. The molecule has 0 radical (unpaired) electrons. The van der Waals surface area contributed by atoms with Gasteiger partial charge in [-0.2, -0.15) is 0 Å². The number of aryl methyl sites for hydroxylation is 1. The van der Waals surface area contributed by atoms with E-state index in [1.807, 2.05) is 61.5 Å². The fraction of sp³-hybridized carbons (Fsp3) is 0.222. The minimum absolute atomic E-state index is 0.108. The second-order valence-electron chi connectivity index (χ2n) is 8.16. The van der Waals surface area contributed by atoms with Crippen molar-refractivity contribution in [3.05, 3.63) is 88.2 Å². The highest BCUT2D eigenvalue weighted by Gasteiger charge is 2.35. The van der Waals surface area contributed by atoms with Crippen molar-refractivity contribution >= 4 is 11.9 Å². The van der Waals surface area contributed by atoms with Gasteiger partial charge in [-0.1, -0.05) is 30.3 Å². The van der Waals surface area contributed by atoms with Crippen LogP contribution in [0, 0.1) is 6.92 Å². The Morgan fingerprint density at radius 2 is 1.85 bits per heavy atom. The molecule has 0 bridgehead atoms. The van der Waals surface area contributed by atoms with Crippen molar-refractivity contribution in [2.24, 2.45) is 0 Å². The summed E-state index contributed by atoms with van der Waals surface area (Å²) in [6, 6.07) is 17.4. The monoisotopic (exact) mass is 443 g/mol. The Labute approximate surface area is 193 Å². The summed E-state index contributed by atoms with van der Waals surface area (Å²) in [5, 5.41) is 0. The van der Waals surface area contributed by atoms with Gasteiger partial charge in [0.05, 0.1) is 25.3 Å². The van der Waals surface area contributed by atoms with Crippen molar-refractivity contribution in [3.8, 4) is 23.0 Å². The Morgan fingerprint density at radius 1 is 1.06 bits per heavy atom. The third-order valence-corrected chi connectivity index (χ3v) is 5.99. The van der Waals surface area contributed by atoms with E-state index in [-0.39, 0.29) is 5.78 Å². The van der Waals surface area contributed by atoms with Crippen molar-refractivity contribution in [1.29, 1.82) is 0 Å². The molecule has 0 spiro atoms. The van der Waals surface area contributed by atoms with Gasteiger partial charge in [-0.3, -0.25) is 9.69 Å². The van der Waals surface area contributed by atoms with Gasteiger partial charge >= 0.3 is 0 Å². The van der Waals surface area contributed by atoms with Gasteiger partial charge in [0.1, 0.15) is 29.7 Å². The molecule has 6 nitrogen and oxygen atoms in total. The number of Topliss-reactive ketones (excluding diaryl/α,β-unsaturated/α-hetero) is 1. The van der Waals surface area contributed by atoms with E-state index < -0.39 is 0 Å². The number of carbonyl (C=O) groups excluding carboxylic acids is 1. The minimum Gasteiger partial charge on any atom is -0.497 e. The molecule has 6 heteroatoms. The molecule has 3 aromatic rings. The summed E-state index contributed by atoms with van der Waals surface area (Å²) in [5.74, 6) is 3.17. The van der Waals surface area contributed by atoms with Crippen LogP contribution in [0.5, 0.6) is 23.0 Å². The Hall–Kier alpha value is -3.77. The number of allylic oxidation sites excluding steroid dienone is 1. The normalized spacial score (nSPS) is 16.1. The van der Waals surface area contributed by atoms with Crippen molar-refractivity contribution in [3.63, 3.8) is 0 Å². The summed E-state index contributed by atoms with van der Waals surface area (Å²) >= 11 is 0. The Kier molecular flexibility index (Phi) is 5.52. The molecular weight excluding hydrogens is 418 g/mol. The summed E-state index contributed by atoms with van der Waals surface area (Å²) in [5.41, 5.74) is 4.30. The van der Waals surface area contributed by atoms with Gasteiger partial charge in [0, 0.05) is 18.7 Å². The molecule has 3 aromatic carbocycles. The molecule has 2 aliphatic heterocycles. The van der Waals surface area contributed by atoms with Crippen LogP contribution < -0.4 is 18.9 Å². The number of nitrogens with zero attached hydrogens (tertiary/aromatic N) is 1. The summed E-state index contributed by atoms with van der Waals surface area (Å²) in [6.45, 7) is 3.64. The number of benzene rings is 3. The summed E-state index contributed by atoms with van der Waals surface area (Å²) in [6.07, 6.45) is 1.77. The van der Waals surface area contributed by atoms with Crippen molar-refractivity contribution in [2.45, 2.75) is 20.0 Å². The molecule has 0 amide bonds. The molecule has 2 heterocycles. The first kappa shape index (κ1) is 21.1. The van der Waals surface area contributed by atoms with Crippen LogP contribution in [0.3, 0.4) is 0 Å². The molecule has 33 heavy (non-hydrogen) atoms. The number of rotatable bonds is 5. The van der Waals surface area contributed by atoms with Gasteiger partial charge in [-0.25, -0.2) is 0 Å². The predicted octanol–water partition coefficient (Wildman–Crippen LogP) is 4.98. The number of fused-ring (bicyclic) bond motifs is 3. The van der Waals surface area contributed by atoms with Crippen LogP contribution in [0.4, 0.5) is 0 Å². The number of ether oxygens (including phenoxy) is 4. The lowest BCUT2D eigenvalue weighted by atomic mass is 9.98. The molecule has 0 aliphatic carbocycles. The minimum atomic E-state index is -0.108. The van der Waals surface area contributed by atoms with E-state index in [1.54, 1.807) is 20.3 Å². The van der Waals surface area contributed by atoms with Crippen LogP contribution >= 0.6 is 0 Å². The molecule has 0 aromatic heterocycles. The molecule has 0 saturated carbocycles. The van der Waals surface area contributed by atoms with Crippen molar-refractivity contribution in [1.82, 2.24) is 4.90 Å². The van der Waals surface area contributed by atoms with Crippen molar-refractivity contribution in [2.75, 3.05) is 21.0 Å². The molecule has 0 atom stereocenters. The summed E-state index contributed by atoms with van der Waals surface area (Å²) < 4.78 is 22.9. The van der Waals surface area contributed by atoms with E-state index >= 15 is 0 Å². The van der Waals surface area contributed by atoms with Gasteiger partial charge in [0.15, 0.2) is 5.76 Å². The maximum Gasteiger partial charge on any atom is 0.232 e.